The topological polar surface area (TPSA) is 307 Å². The average Bonchev–Trinajstić information content (AvgIpc) is 0.783. The summed E-state index contributed by atoms with van der Waals surface area (Å²) in [6.45, 7) is 1.72. The standard InChI is InChI=1S/C81H147NO18/c1-3-5-7-9-11-13-15-17-19-21-23-24-25-26-27-28-29-30-31-32-33-34-35-36-37-38-39-40-41-43-45-47-49-51-53-55-57-59-69(87)82-64(65(86)58-56-54-52-50-48-46-44-42-22-20-18-16-14-12-10-8-6-4-2)63-95-79-75(93)72(90)77(67(61-84)97-79)100-81-76(94)73(91)78(68(62-85)98-81)99-80-74(92)71(89)70(88)66(60-83)96-80/h15,17,21-23,42,48,50,56,58,64-68,70-81,83-86,88-94H,3-14,16,18-20,24-41,43-47,49,51-55,57,59-63H2,1-2H3,(H,82,87)/b17-15-,23-21-,42-22+,50-48+,58-56+. The molecule has 0 aromatic rings. The molecule has 0 radical (unpaired) electrons. The summed E-state index contributed by atoms with van der Waals surface area (Å²) in [5, 5.41) is 121. The molecule has 3 rings (SSSR count). The highest BCUT2D eigenvalue weighted by atomic mass is 16.8. The Labute approximate surface area is 605 Å². The molecule has 3 saturated heterocycles. The molecule has 12 N–H and O–H groups in total. The van der Waals surface area contributed by atoms with Crippen molar-refractivity contribution in [3.8, 4) is 0 Å². The first-order valence-electron chi connectivity index (χ1n) is 40.5. The number of hydrogen-bond acceptors (Lipinski definition) is 18. The number of unbranched alkanes of at least 4 members (excludes halogenated alkanes) is 40. The number of aliphatic hydroxyl groups is 11. The van der Waals surface area contributed by atoms with Gasteiger partial charge in [0.2, 0.25) is 5.91 Å². The molecule has 3 aliphatic rings. The van der Waals surface area contributed by atoms with E-state index in [1.54, 1.807) is 6.08 Å². The van der Waals surface area contributed by atoms with E-state index in [0.29, 0.717) is 12.8 Å². The molecular weight excluding hydrogens is 1270 g/mol. The van der Waals surface area contributed by atoms with Crippen molar-refractivity contribution in [2.24, 2.45) is 0 Å². The lowest BCUT2D eigenvalue weighted by Crippen LogP contribution is -2.66. The van der Waals surface area contributed by atoms with Gasteiger partial charge < -0.3 is 89.9 Å². The van der Waals surface area contributed by atoms with Crippen molar-refractivity contribution in [3.05, 3.63) is 60.8 Å². The van der Waals surface area contributed by atoms with Gasteiger partial charge in [-0.05, 0) is 77.0 Å². The second-order valence-corrected chi connectivity index (χ2v) is 28.9. The lowest BCUT2D eigenvalue weighted by atomic mass is 9.96. The number of carbonyl (C=O) groups excluding carboxylic acids is 1. The number of rotatable bonds is 64. The fourth-order valence-electron chi connectivity index (χ4n) is 13.5. The predicted octanol–water partition coefficient (Wildman–Crippen LogP) is 13.5. The van der Waals surface area contributed by atoms with Crippen LogP contribution in [0.2, 0.25) is 0 Å². The van der Waals surface area contributed by atoms with Crippen LogP contribution in [0.1, 0.15) is 316 Å². The van der Waals surface area contributed by atoms with Crippen LogP contribution in [-0.2, 0) is 33.2 Å². The van der Waals surface area contributed by atoms with Crippen molar-refractivity contribution in [2.75, 3.05) is 26.4 Å². The van der Waals surface area contributed by atoms with Crippen LogP contribution in [0.3, 0.4) is 0 Å². The van der Waals surface area contributed by atoms with Gasteiger partial charge in [0, 0.05) is 6.42 Å². The summed E-state index contributed by atoms with van der Waals surface area (Å²) in [6, 6.07) is -0.997. The first kappa shape index (κ1) is 91.7. The van der Waals surface area contributed by atoms with Gasteiger partial charge in [0.25, 0.3) is 0 Å². The second-order valence-electron chi connectivity index (χ2n) is 28.9. The largest absolute Gasteiger partial charge is 0.394 e. The van der Waals surface area contributed by atoms with Crippen molar-refractivity contribution < 1.29 is 89.4 Å². The molecule has 3 fully saturated rings. The van der Waals surface area contributed by atoms with Crippen LogP contribution in [0.5, 0.6) is 0 Å². The number of allylic oxidation sites excluding steroid dienone is 9. The van der Waals surface area contributed by atoms with E-state index in [2.05, 4.69) is 67.8 Å². The Hall–Kier alpha value is -2.51. The van der Waals surface area contributed by atoms with Crippen LogP contribution in [0, 0.1) is 0 Å². The molecular formula is C81H147NO18. The fourth-order valence-corrected chi connectivity index (χ4v) is 13.5. The maximum atomic E-state index is 13.5. The van der Waals surface area contributed by atoms with Crippen LogP contribution >= 0.6 is 0 Å². The number of hydrogen-bond donors (Lipinski definition) is 12. The summed E-state index contributed by atoms with van der Waals surface area (Å²) in [6.07, 6.45) is 52.3. The first-order chi connectivity index (χ1) is 48.8. The summed E-state index contributed by atoms with van der Waals surface area (Å²) >= 11 is 0. The quantitative estimate of drug-likeness (QED) is 0.0199. The van der Waals surface area contributed by atoms with E-state index in [1.807, 2.05) is 6.08 Å². The van der Waals surface area contributed by atoms with Crippen molar-refractivity contribution in [3.63, 3.8) is 0 Å². The Morgan fingerprint density at radius 3 is 1.06 bits per heavy atom. The average molecular weight is 1420 g/mol. The molecule has 0 saturated carbocycles. The fraction of sp³-hybridized carbons (Fsp3) is 0.864. The monoisotopic (exact) mass is 1420 g/mol. The van der Waals surface area contributed by atoms with Gasteiger partial charge in [0.05, 0.1) is 38.6 Å². The van der Waals surface area contributed by atoms with Gasteiger partial charge in [0.15, 0.2) is 18.9 Å². The van der Waals surface area contributed by atoms with Gasteiger partial charge in [-0.25, -0.2) is 0 Å². The molecule has 3 aliphatic heterocycles. The van der Waals surface area contributed by atoms with Crippen LogP contribution in [0.4, 0.5) is 0 Å². The zero-order valence-corrected chi connectivity index (χ0v) is 62.4. The summed E-state index contributed by atoms with van der Waals surface area (Å²) in [5.41, 5.74) is 0. The summed E-state index contributed by atoms with van der Waals surface area (Å²) in [5.74, 6) is -0.285. The number of nitrogens with one attached hydrogen (secondary N) is 1. The molecule has 19 heteroatoms. The van der Waals surface area contributed by atoms with Crippen molar-refractivity contribution in [1.29, 1.82) is 0 Å². The molecule has 0 aliphatic carbocycles. The normalized spacial score (nSPS) is 26.8. The minimum atomic E-state index is -1.98. The molecule has 17 atom stereocenters. The highest BCUT2D eigenvalue weighted by Gasteiger charge is 2.54. The Morgan fingerprint density at radius 1 is 0.360 bits per heavy atom. The lowest BCUT2D eigenvalue weighted by Gasteiger charge is -2.48. The third-order valence-corrected chi connectivity index (χ3v) is 20.0. The summed E-state index contributed by atoms with van der Waals surface area (Å²) in [7, 11) is 0. The Bertz CT molecular complexity index is 2040. The second kappa shape index (κ2) is 61.6. The molecule has 0 aromatic heterocycles. The molecule has 3 heterocycles. The highest BCUT2D eigenvalue weighted by molar-refractivity contribution is 5.76. The highest BCUT2D eigenvalue weighted by Crippen LogP contribution is 2.33. The summed E-state index contributed by atoms with van der Waals surface area (Å²) in [4.78, 5) is 13.5. The van der Waals surface area contributed by atoms with Crippen LogP contribution in [0.25, 0.3) is 0 Å². The van der Waals surface area contributed by atoms with E-state index in [1.165, 1.54) is 231 Å². The molecule has 0 spiro atoms. The van der Waals surface area contributed by atoms with Gasteiger partial charge >= 0.3 is 0 Å². The number of ether oxygens (including phenoxy) is 6. The Kier molecular flexibility index (Phi) is 56.5. The van der Waals surface area contributed by atoms with Crippen LogP contribution in [0.15, 0.2) is 60.8 Å². The van der Waals surface area contributed by atoms with Crippen molar-refractivity contribution >= 4 is 5.91 Å². The van der Waals surface area contributed by atoms with Gasteiger partial charge in [-0.15, -0.1) is 0 Å². The van der Waals surface area contributed by atoms with E-state index in [9.17, 15) is 61.0 Å². The maximum Gasteiger partial charge on any atom is 0.220 e. The van der Waals surface area contributed by atoms with E-state index < -0.39 is 124 Å². The smallest absolute Gasteiger partial charge is 0.220 e. The molecule has 584 valence electrons. The predicted molar refractivity (Wildman–Crippen MR) is 397 cm³/mol. The van der Waals surface area contributed by atoms with Gasteiger partial charge in [-0.1, -0.05) is 293 Å². The minimum Gasteiger partial charge on any atom is -0.394 e. The van der Waals surface area contributed by atoms with Gasteiger partial charge in [-0.3, -0.25) is 4.79 Å². The van der Waals surface area contributed by atoms with Crippen molar-refractivity contribution in [2.45, 2.75) is 420 Å². The maximum absolute atomic E-state index is 13.5. The third kappa shape index (κ3) is 41.4. The molecule has 0 aromatic carbocycles. The Morgan fingerprint density at radius 2 is 0.670 bits per heavy atom. The SMILES string of the molecule is CCCCCCC/C=C\C/C=C\CCCCCCCCCCCCCCCCCCCCCCCCCCCC(=O)NC(COC1OC(CO)C(OC2OC(CO)C(OC3OC(CO)C(O)C(O)C3O)C(O)C2O)C(O)C1O)C(O)/C=C/CC/C=C/CC/C=C/CCCCCCCCCC. The molecule has 19 nitrogen and oxygen atoms in total. The molecule has 1 amide bonds. The van der Waals surface area contributed by atoms with Crippen molar-refractivity contribution in [1.82, 2.24) is 5.32 Å². The Balaban J connectivity index is 1.33. The lowest BCUT2D eigenvalue weighted by molar-refractivity contribution is -0.379. The van der Waals surface area contributed by atoms with Gasteiger partial charge in [0.1, 0.15) is 73.2 Å². The zero-order valence-electron chi connectivity index (χ0n) is 62.4. The summed E-state index contributed by atoms with van der Waals surface area (Å²) < 4.78 is 34.4. The third-order valence-electron chi connectivity index (χ3n) is 20.0. The van der Waals surface area contributed by atoms with Crippen LogP contribution in [-0.4, -0.2) is 193 Å². The first-order valence-corrected chi connectivity index (χ1v) is 40.5. The number of amides is 1. The van der Waals surface area contributed by atoms with E-state index in [0.717, 1.165) is 51.4 Å². The van der Waals surface area contributed by atoms with E-state index in [-0.39, 0.29) is 18.9 Å². The number of carbonyl (C=O) groups is 1. The molecule has 17 unspecified atom stereocenters. The zero-order chi connectivity index (χ0) is 72.5. The van der Waals surface area contributed by atoms with E-state index >= 15 is 0 Å². The minimum absolute atomic E-state index is 0.234. The molecule has 100 heavy (non-hydrogen) atoms. The molecule has 0 bridgehead atoms. The van der Waals surface area contributed by atoms with Gasteiger partial charge in [-0.2, -0.15) is 0 Å². The van der Waals surface area contributed by atoms with E-state index in [4.69, 9.17) is 28.4 Å². The van der Waals surface area contributed by atoms with Crippen LogP contribution < -0.4 is 5.32 Å². The number of aliphatic hydroxyl groups excluding tert-OH is 11.